The Labute approximate surface area is 156 Å². The third kappa shape index (κ3) is 5.51. The number of amides is 1. The molecule has 0 fully saturated rings. The van der Waals surface area contributed by atoms with Crippen LogP contribution in [0.3, 0.4) is 0 Å². The molecule has 5 heteroatoms. The molecular formula is C22H18FNO3. The van der Waals surface area contributed by atoms with Gasteiger partial charge in [0.05, 0.1) is 6.42 Å². The maximum Gasteiger partial charge on any atom is 0.310 e. The first-order chi connectivity index (χ1) is 13.1. The highest BCUT2D eigenvalue weighted by molar-refractivity contribution is 6.04. The van der Waals surface area contributed by atoms with E-state index in [1.54, 1.807) is 36.4 Å². The molecule has 0 spiro atoms. The molecule has 0 saturated carbocycles. The van der Waals surface area contributed by atoms with Crippen molar-refractivity contribution in [2.24, 2.45) is 0 Å². The largest absolute Gasteiger partial charge is 0.461 e. The van der Waals surface area contributed by atoms with Crippen molar-refractivity contribution in [2.45, 2.75) is 13.0 Å². The Balaban J connectivity index is 1.51. The predicted molar refractivity (Wildman–Crippen MR) is 101 cm³/mol. The standard InChI is InChI=1S/C22H18FNO3/c23-19-6-4-5-17(13-19)14-21(25)27-15-16-9-11-18(12-10-16)22(26)24-20-7-2-1-3-8-20/h1-13H,14-15H2,(H,24,26). The van der Waals surface area contributed by atoms with Crippen molar-refractivity contribution in [1.82, 2.24) is 0 Å². The van der Waals surface area contributed by atoms with Gasteiger partial charge in [-0.2, -0.15) is 0 Å². The first kappa shape index (κ1) is 18.3. The van der Waals surface area contributed by atoms with Gasteiger partial charge in [0.15, 0.2) is 0 Å². The summed E-state index contributed by atoms with van der Waals surface area (Å²) in [5.74, 6) is -1.04. The van der Waals surface area contributed by atoms with Crippen molar-refractivity contribution >= 4 is 17.6 Å². The maximum atomic E-state index is 13.1. The lowest BCUT2D eigenvalue weighted by molar-refractivity contribution is -0.144. The molecule has 3 rings (SSSR count). The van der Waals surface area contributed by atoms with E-state index in [1.807, 2.05) is 30.3 Å². The second-order valence-electron chi connectivity index (χ2n) is 5.98. The molecular weight excluding hydrogens is 345 g/mol. The Morgan fingerprint density at radius 1 is 0.852 bits per heavy atom. The van der Waals surface area contributed by atoms with Crippen molar-refractivity contribution in [2.75, 3.05) is 5.32 Å². The van der Waals surface area contributed by atoms with Gasteiger partial charge in [0, 0.05) is 11.3 Å². The van der Waals surface area contributed by atoms with Crippen molar-refractivity contribution in [3.8, 4) is 0 Å². The average molecular weight is 363 g/mol. The maximum absolute atomic E-state index is 13.1. The topological polar surface area (TPSA) is 55.4 Å². The highest BCUT2D eigenvalue weighted by Crippen LogP contribution is 2.11. The number of carbonyl (C=O) groups excluding carboxylic acids is 2. The molecule has 1 N–H and O–H groups in total. The lowest BCUT2D eigenvalue weighted by atomic mass is 10.1. The van der Waals surface area contributed by atoms with Crippen LogP contribution in [0.4, 0.5) is 10.1 Å². The van der Waals surface area contributed by atoms with Crippen LogP contribution in [0.5, 0.6) is 0 Å². The van der Waals surface area contributed by atoms with E-state index >= 15 is 0 Å². The summed E-state index contributed by atoms with van der Waals surface area (Å²) in [5.41, 5.74) is 2.55. The number of rotatable bonds is 6. The molecule has 0 aliphatic heterocycles. The summed E-state index contributed by atoms with van der Waals surface area (Å²) in [6, 6.07) is 21.8. The Morgan fingerprint density at radius 3 is 2.30 bits per heavy atom. The van der Waals surface area contributed by atoms with Gasteiger partial charge in [-0.05, 0) is 47.5 Å². The lowest BCUT2D eigenvalue weighted by Crippen LogP contribution is -2.12. The quantitative estimate of drug-likeness (QED) is 0.662. The first-order valence-electron chi connectivity index (χ1n) is 8.45. The highest BCUT2D eigenvalue weighted by Gasteiger charge is 2.08. The minimum atomic E-state index is -0.438. The number of anilines is 1. The van der Waals surface area contributed by atoms with E-state index in [4.69, 9.17) is 4.74 Å². The summed E-state index contributed by atoms with van der Waals surface area (Å²) in [6.45, 7) is 0.0920. The zero-order valence-electron chi connectivity index (χ0n) is 14.5. The zero-order valence-corrected chi connectivity index (χ0v) is 14.5. The summed E-state index contributed by atoms with van der Waals surface area (Å²) >= 11 is 0. The van der Waals surface area contributed by atoms with E-state index in [2.05, 4.69) is 5.32 Å². The van der Waals surface area contributed by atoms with Crippen LogP contribution in [-0.4, -0.2) is 11.9 Å². The molecule has 27 heavy (non-hydrogen) atoms. The Bertz CT molecular complexity index is 924. The van der Waals surface area contributed by atoms with Gasteiger partial charge < -0.3 is 10.1 Å². The smallest absolute Gasteiger partial charge is 0.310 e. The van der Waals surface area contributed by atoms with Crippen molar-refractivity contribution in [3.05, 3.63) is 101 Å². The van der Waals surface area contributed by atoms with Gasteiger partial charge in [0.2, 0.25) is 0 Å². The fourth-order valence-corrected chi connectivity index (χ4v) is 2.51. The molecule has 136 valence electrons. The Hall–Kier alpha value is -3.47. The highest BCUT2D eigenvalue weighted by atomic mass is 19.1. The van der Waals surface area contributed by atoms with E-state index in [0.717, 1.165) is 11.3 Å². The summed E-state index contributed by atoms with van der Waals surface area (Å²) in [7, 11) is 0. The van der Waals surface area contributed by atoms with Gasteiger partial charge in [-0.1, -0.05) is 42.5 Å². The second-order valence-corrected chi connectivity index (χ2v) is 5.98. The molecule has 1 amide bonds. The number of ether oxygens (including phenoxy) is 1. The van der Waals surface area contributed by atoms with Gasteiger partial charge in [0.1, 0.15) is 12.4 Å². The van der Waals surface area contributed by atoms with Crippen LogP contribution in [0.2, 0.25) is 0 Å². The Kier molecular flexibility index (Phi) is 5.94. The fourth-order valence-electron chi connectivity index (χ4n) is 2.51. The normalized spacial score (nSPS) is 10.3. The van der Waals surface area contributed by atoms with E-state index in [9.17, 15) is 14.0 Å². The van der Waals surface area contributed by atoms with E-state index in [1.165, 1.54) is 12.1 Å². The average Bonchev–Trinajstić information content (AvgIpc) is 2.67. The summed E-state index contributed by atoms with van der Waals surface area (Å²) in [4.78, 5) is 24.1. The lowest BCUT2D eigenvalue weighted by Gasteiger charge is -2.07. The predicted octanol–water partition coefficient (Wildman–Crippen LogP) is 4.36. The fraction of sp³-hybridized carbons (Fsp3) is 0.0909. The molecule has 0 saturated heterocycles. The van der Waals surface area contributed by atoms with Crippen LogP contribution < -0.4 is 5.32 Å². The number of halogens is 1. The molecule has 3 aromatic carbocycles. The molecule has 4 nitrogen and oxygen atoms in total. The minimum absolute atomic E-state index is 0.00925. The molecule has 3 aromatic rings. The van der Waals surface area contributed by atoms with E-state index in [-0.39, 0.29) is 24.8 Å². The van der Waals surface area contributed by atoms with Crippen molar-refractivity contribution < 1.29 is 18.7 Å². The van der Waals surface area contributed by atoms with Crippen LogP contribution in [0, 0.1) is 5.82 Å². The van der Waals surface area contributed by atoms with E-state index < -0.39 is 5.97 Å². The van der Waals surface area contributed by atoms with Crippen molar-refractivity contribution in [1.29, 1.82) is 0 Å². The summed E-state index contributed by atoms with van der Waals surface area (Å²) in [5, 5.41) is 2.80. The van der Waals surface area contributed by atoms with Crippen LogP contribution >= 0.6 is 0 Å². The number of carbonyl (C=O) groups is 2. The molecule has 0 atom stereocenters. The van der Waals surface area contributed by atoms with E-state index in [0.29, 0.717) is 11.1 Å². The van der Waals surface area contributed by atoms with Gasteiger partial charge in [-0.25, -0.2) is 4.39 Å². The second kappa shape index (κ2) is 8.76. The van der Waals surface area contributed by atoms with Crippen LogP contribution in [0.15, 0.2) is 78.9 Å². The number of benzene rings is 3. The number of para-hydroxylation sites is 1. The monoisotopic (exact) mass is 363 g/mol. The van der Waals surface area contributed by atoms with Crippen LogP contribution in [-0.2, 0) is 22.6 Å². The molecule has 0 unspecified atom stereocenters. The van der Waals surface area contributed by atoms with Crippen LogP contribution in [0.1, 0.15) is 21.5 Å². The van der Waals surface area contributed by atoms with Gasteiger partial charge in [-0.3, -0.25) is 9.59 Å². The number of nitrogens with one attached hydrogen (secondary N) is 1. The molecule has 0 heterocycles. The van der Waals surface area contributed by atoms with Gasteiger partial charge in [-0.15, -0.1) is 0 Å². The molecule has 0 aliphatic rings. The zero-order chi connectivity index (χ0) is 19.1. The third-order valence-corrected chi connectivity index (χ3v) is 3.89. The number of esters is 1. The first-order valence-corrected chi connectivity index (χ1v) is 8.45. The summed E-state index contributed by atoms with van der Waals surface area (Å²) < 4.78 is 18.3. The third-order valence-electron chi connectivity index (χ3n) is 3.89. The minimum Gasteiger partial charge on any atom is -0.461 e. The molecule has 0 radical (unpaired) electrons. The van der Waals surface area contributed by atoms with Gasteiger partial charge in [0.25, 0.3) is 5.91 Å². The van der Waals surface area contributed by atoms with Crippen LogP contribution in [0.25, 0.3) is 0 Å². The summed E-state index contributed by atoms with van der Waals surface area (Å²) in [6.07, 6.45) is 0.00925. The molecule has 0 aliphatic carbocycles. The Morgan fingerprint density at radius 2 is 1.59 bits per heavy atom. The molecule has 0 aromatic heterocycles. The molecule has 0 bridgehead atoms. The van der Waals surface area contributed by atoms with Crippen molar-refractivity contribution in [3.63, 3.8) is 0 Å². The van der Waals surface area contributed by atoms with Gasteiger partial charge >= 0.3 is 5.97 Å². The number of hydrogen-bond acceptors (Lipinski definition) is 3. The SMILES string of the molecule is O=C(Cc1cccc(F)c1)OCc1ccc(C(=O)Nc2ccccc2)cc1. The number of hydrogen-bond donors (Lipinski definition) is 1.